The summed E-state index contributed by atoms with van der Waals surface area (Å²) in [5.41, 5.74) is 6.67. The van der Waals surface area contributed by atoms with Crippen molar-refractivity contribution in [3.8, 4) is 0 Å². The van der Waals surface area contributed by atoms with E-state index in [-0.39, 0.29) is 17.3 Å². The van der Waals surface area contributed by atoms with E-state index in [1.165, 1.54) is 6.07 Å². The number of fused-ring (bicyclic) bond motifs is 1. The predicted molar refractivity (Wildman–Crippen MR) is 59.7 cm³/mol. The van der Waals surface area contributed by atoms with Gasteiger partial charge in [-0.3, -0.25) is 0 Å². The zero-order valence-electron chi connectivity index (χ0n) is 8.80. The van der Waals surface area contributed by atoms with Crippen molar-refractivity contribution in [1.29, 1.82) is 0 Å². The molecule has 0 fully saturated rings. The summed E-state index contributed by atoms with van der Waals surface area (Å²) in [5.74, 6) is 0.507. The molecule has 2 aromatic heterocycles. The molecule has 0 spiro atoms. The second-order valence-corrected chi connectivity index (χ2v) is 3.64. The first-order valence-corrected chi connectivity index (χ1v) is 5.05. The largest absolute Gasteiger partial charge is 0.369 e. The summed E-state index contributed by atoms with van der Waals surface area (Å²) in [6.45, 7) is 0.381. The van der Waals surface area contributed by atoms with E-state index < -0.39 is 0 Å². The normalized spacial score (nSPS) is 11.1. The molecule has 6 heteroatoms. The smallest absolute Gasteiger partial charge is 0.201 e. The number of rotatable bonds is 2. The van der Waals surface area contributed by atoms with Crippen LogP contribution in [0.5, 0.6) is 0 Å². The van der Waals surface area contributed by atoms with Crippen LogP contribution in [0.1, 0.15) is 5.76 Å². The van der Waals surface area contributed by atoms with Crippen molar-refractivity contribution < 1.29 is 8.91 Å². The molecule has 0 atom stereocenters. The zero-order chi connectivity index (χ0) is 11.8. The van der Waals surface area contributed by atoms with Gasteiger partial charge in [0.05, 0.1) is 18.3 Å². The van der Waals surface area contributed by atoms with Crippen LogP contribution < -0.4 is 5.73 Å². The minimum atomic E-state index is -0.384. The fourth-order valence-electron chi connectivity index (χ4n) is 1.78. The maximum atomic E-state index is 13.5. The molecule has 2 heterocycles. The van der Waals surface area contributed by atoms with Crippen molar-refractivity contribution in [2.75, 3.05) is 5.73 Å². The van der Waals surface area contributed by atoms with Crippen molar-refractivity contribution in [2.24, 2.45) is 0 Å². The second kappa shape index (κ2) is 3.58. The van der Waals surface area contributed by atoms with Gasteiger partial charge in [-0.1, -0.05) is 11.2 Å². The Hall–Kier alpha value is -2.37. The Kier molecular flexibility index (Phi) is 2.07. The van der Waals surface area contributed by atoms with Gasteiger partial charge in [-0.05, 0) is 12.1 Å². The van der Waals surface area contributed by atoms with Crippen LogP contribution in [0.15, 0.2) is 35.0 Å². The topological polar surface area (TPSA) is 69.9 Å². The third-order valence-electron chi connectivity index (χ3n) is 2.56. The van der Waals surface area contributed by atoms with E-state index in [1.807, 2.05) is 0 Å². The molecule has 0 unspecified atom stereocenters. The van der Waals surface area contributed by atoms with Crippen molar-refractivity contribution in [2.45, 2.75) is 6.54 Å². The third kappa shape index (κ3) is 1.54. The lowest BCUT2D eigenvalue weighted by molar-refractivity contribution is 0.378. The molecule has 3 aromatic rings. The Balaban J connectivity index is 2.16. The molecular weight excluding hydrogens is 223 g/mol. The summed E-state index contributed by atoms with van der Waals surface area (Å²) in [5, 5.41) is 3.61. The van der Waals surface area contributed by atoms with Crippen molar-refractivity contribution in [1.82, 2.24) is 14.7 Å². The zero-order valence-corrected chi connectivity index (χ0v) is 8.80. The summed E-state index contributed by atoms with van der Waals surface area (Å²) in [6, 6.07) is 6.46. The third-order valence-corrected chi connectivity index (χ3v) is 2.56. The summed E-state index contributed by atoms with van der Waals surface area (Å²) < 4.78 is 20.2. The van der Waals surface area contributed by atoms with Crippen LogP contribution in [0, 0.1) is 5.82 Å². The number of halogens is 1. The number of aromatic nitrogens is 3. The first-order valence-electron chi connectivity index (χ1n) is 5.05. The van der Waals surface area contributed by atoms with Gasteiger partial charge >= 0.3 is 0 Å². The fourth-order valence-corrected chi connectivity index (χ4v) is 1.78. The Labute approximate surface area is 95.6 Å². The number of nitrogens with two attached hydrogens (primary N) is 1. The van der Waals surface area contributed by atoms with Crippen molar-refractivity contribution in [3.63, 3.8) is 0 Å². The molecule has 2 N–H and O–H groups in total. The van der Waals surface area contributed by atoms with Crippen LogP contribution in [0.4, 0.5) is 10.3 Å². The number of nitrogen functional groups attached to an aromatic ring is 1. The summed E-state index contributed by atoms with van der Waals surface area (Å²) in [6.07, 6.45) is 1.55. The van der Waals surface area contributed by atoms with E-state index in [0.29, 0.717) is 17.8 Å². The number of hydrogen-bond donors (Lipinski definition) is 1. The van der Waals surface area contributed by atoms with E-state index in [9.17, 15) is 4.39 Å². The minimum Gasteiger partial charge on any atom is -0.369 e. The van der Waals surface area contributed by atoms with Crippen LogP contribution in [-0.2, 0) is 6.54 Å². The lowest BCUT2D eigenvalue weighted by atomic mass is 10.3. The molecule has 17 heavy (non-hydrogen) atoms. The Morgan fingerprint density at radius 1 is 1.35 bits per heavy atom. The average molecular weight is 232 g/mol. The van der Waals surface area contributed by atoms with Crippen LogP contribution in [0.2, 0.25) is 0 Å². The number of benzene rings is 1. The first kappa shape index (κ1) is 9.83. The van der Waals surface area contributed by atoms with Gasteiger partial charge in [0.1, 0.15) is 5.52 Å². The molecule has 0 amide bonds. The molecule has 86 valence electrons. The van der Waals surface area contributed by atoms with Gasteiger partial charge in [-0.15, -0.1) is 0 Å². The molecular formula is C11H9FN4O. The fraction of sp³-hybridized carbons (Fsp3) is 0.0909. The van der Waals surface area contributed by atoms with Gasteiger partial charge < -0.3 is 14.8 Å². The minimum absolute atomic E-state index is 0.251. The SMILES string of the molecule is Nc1nc2c(F)cccc2n1Cc1ccno1. The van der Waals surface area contributed by atoms with Crippen LogP contribution in [0.25, 0.3) is 11.0 Å². The number of para-hydroxylation sites is 1. The van der Waals surface area contributed by atoms with E-state index >= 15 is 0 Å². The number of nitrogens with zero attached hydrogens (tertiary/aromatic N) is 3. The summed E-state index contributed by atoms with van der Waals surface area (Å²) >= 11 is 0. The number of hydrogen-bond acceptors (Lipinski definition) is 4. The molecule has 0 bridgehead atoms. The maximum Gasteiger partial charge on any atom is 0.201 e. The predicted octanol–water partition coefficient (Wildman–Crippen LogP) is 1.79. The molecule has 0 radical (unpaired) electrons. The van der Waals surface area contributed by atoms with Gasteiger partial charge in [0.25, 0.3) is 0 Å². The molecule has 5 nitrogen and oxygen atoms in total. The van der Waals surface area contributed by atoms with E-state index in [2.05, 4.69) is 10.1 Å². The highest BCUT2D eigenvalue weighted by Gasteiger charge is 2.12. The summed E-state index contributed by atoms with van der Waals surface area (Å²) in [4.78, 5) is 4.00. The first-order chi connectivity index (χ1) is 8.25. The average Bonchev–Trinajstić information content (AvgIpc) is 2.91. The maximum absolute atomic E-state index is 13.5. The number of imidazole rings is 1. The Bertz CT molecular complexity index is 659. The highest BCUT2D eigenvalue weighted by Crippen LogP contribution is 2.21. The molecule has 0 aliphatic heterocycles. The lowest BCUT2D eigenvalue weighted by Crippen LogP contribution is -2.03. The molecule has 3 rings (SSSR count). The quantitative estimate of drug-likeness (QED) is 0.731. The van der Waals surface area contributed by atoms with Gasteiger partial charge in [0, 0.05) is 6.07 Å². The highest BCUT2D eigenvalue weighted by atomic mass is 19.1. The van der Waals surface area contributed by atoms with E-state index in [1.54, 1.807) is 29.0 Å². The Morgan fingerprint density at radius 3 is 3.00 bits per heavy atom. The van der Waals surface area contributed by atoms with Crippen LogP contribution >= 0.6 is 0 Å². The van der Waals surface area contributed by atoms with Gasteiger partial charge in [0.15, 0.2) is 11.6 Å². The monoisotopic (exact) mass is 232 g/mol. The Morgan fingerprint density at radius 2 is 2.24 bits per heavy atom. The van der Waals surface area contributed by atoms with E-state index in [0.717, 1.165) is 0 Å². The van der Waals surface area contributed by atoms with Crippen molar-refractivity contribution in [3.05, 3.63) is 42.0 Å². The summed E-state index contributed by atoms with van der Waals surface area (Å²) in [7, 11) is 0. The second-order valence-electron chi connectivity index (χ2n) is 3.64. The molecule has 0 saturated carbocycles. The molecule has 0 aliphatic rings. The van der Waals surface area contributed by atoms with Crippen LogP contribution in [0.3, 0.4) is 0 Å². The van der Waals surface area contributed by atoms with E-state index in [4.69, 9.17) is 10.3 Å². The standard InChI is InChI=1S/C11H9FN4O/c12-8-2-1-3-9-10(8)15-11(13)16(9)6-7-4-5-14-17-7/h1-5H,6H2,(H2,13,15). The van der Waals surface area contributed by atoms with Crippen LogP contribution in [-0.4, -0.2) is 14.7 Å². The van der Waals surface area contributed by atoms with Gasteiger partial charge in [-0.2, -0.15) is 0 Å². The van der Waals surface area contributed by atoms with Crippen molar-refractivity contribution >= 4 is 17.0 Å². The molecule has 1 aromatic carbocycles. The molecule has 0 aliphatic carbocycles. The highest BCUT2D eigenvalue weighted by molar-refractivity contribution is 5.78. The molecule has 0 saturated heterocycles. The van der Waals surface area contributed by atoms with Gasteiger partial charge in [0.2, 0.25) is 5.95 Å². The van der Waals surface area contributed by atoms with Gasteiger partial charge in [-0.25, -0.2) is 9.37 Å². The number of anilines is 1. The lowest BCUT2D eigenvalue weighted by Gasteiger charge is -2.02.